The monoisotopic (exact) mass is 356 g/mol. The number of nitrogens with one attached hydrogen (secondary N) is 1. The molecule has 1 fully saturated rings. The Morgan fingerprint density at radius 1 is 1.33 bits per heavy atom. The van der Waals surface area contributed by atoms with E-state index in [1.807, 2.05) is 18.2 Å². The van der Waals surface area contributed by atoms with Crippen LogP contribution in [0.5, 0.6) is 0 Å². The fraction of sp³-hybridized carbons (Fsp3) is 0.588. The number of alkyl halides is 2. The van der Waals surface area contributed by atoms with E-state index in [-0.39, 0.29) is 18.5 Å². The summed E-state index contributed by atoms with van der Waals surface area (Å²) in [6, 6.07) is 6.18. The Bertz CT molecular complexity index is 592. The molecule has 0 radical (unpaired) electrons. The molecule has 0 atom stereocenters. The standard InChI is InChI=1S/C17H22F2N2O2S/c18-16(19)10-21-7-8-24-15-6-5-13(9-14(15)21)20-12-3-1-11(2-4-12)17(22)23/h5-6,9,11-12,16,20H,1-4,7-8,10H2,(H,22,23). The summed E-state index contributed by atoms with van der Waals surface area (Å²) in [6.45, 7) is 0.399. The number of fused-ring (bicyclic) bond motifs is 1. The van der Waals surface area contributed by atoms with Crippen LogP contribution >= 0.6 is 11.8 Å². The number of benzene rings is 1. The number of hydrogen-bond acceptors (Lipinski definition) is 4. The van der Waals surface area contributed by atoms with Crippen LogP contribution in [-0.4, -0.2) is 42.4 Å². The lowest BCUT2D eigenvalue weighted by Gasteiger charge is -2.32. The van der Waals surface area contributed by atoms with Gasteiger partial charge >= 0.3 is 5.97 Å². The van der Waals surface area contributed by atoms with Crippen molar-refractivity contribution in [2.75, 3.05) is 29.1 Å². The van der Waals surface area contributed by atoms with Crippen molar-refractivity contribution < 1.29 is 18.7 Å². The fourth-order valence-corrected chi connectivity index (χ4v) is 4.47. The number of aliphatic carboxylic acids is 1. The van der Waals surface area contributed by atoms with Crippen LogP contribution in [0, 0.1) is 5.92 Å². The van der Waals surface area contributed by atoms with Crippen LogP contribution < -0.4 is 10.2 Å². The molecule has 1 saturated carbocycles. The van der Waals surface area contributed by atoms with Gasteiger partial charge in [0.15, 0.2) is 0 Å². The normalized spacial score (nSPS) is 23.9. The van der Waals surface area contributed by atoms with Gasteiger partial charge in [-0.05, 0) is 43.9 Å². The predicted octanol–water partition coefficient (Wildman–Crippen LogP) is 3.92. The highest BCUT2D eigenvalue weighted by Gasteiger charge is 2.26. The van der Waals surface area contributed by atoms with Gasteiger partial charge in [-0.3, -0.25) is 4.79 Å². The molecule has 0 unspecified atom stereocenters. The lowest BCUT2D eigenvalue weighted by Crippen LogP contribution is -2.33. The Labute approximate surface area is 144 Å². The van der Waals surface area contributed by atoms with Crippen molar-refractivity contribution in [1.82, 2.24) is 0 Å². The largest absolute Gasteiger partial charge is 0.481 e. The van der Waals surface area contributed by atoms with E-state index in [4.69, 9.17) is 5.11 Å². The molecule has 4 nitrogen and oxygen atoms in total. The molecule has 1 heterocycles. The highest BCUT2D eigenvalue weighted by atomic mass is 32.2. The summed E-state index contributed by atoms with van der Waals surface area (Å²) in [4.78, 5) is 13.8. The van der Waals surface area contributed by atoms with Crippen LogP contribution in [0.3, 0.4) is 0 Å². The van der Waals surface area contributed by atoms with E-state index in [1.54, 1.807) is 16.7 Å². The topological polar surface area (TPSA) is 52.6 Å². The molecule has 0 aromatic heterocycles. The molecule has 0 bridgehead atoms. The van der Waals surface area contributed by atoms with Crippen molar-refractivity contribution >= 4 is 29.1 Å². The number of carbonyl (C=O) groups is 1. The molecule has 1 aliphatic carbocycles. The number of anilines is 2. The second-order valence-corrected chi connectivity index (χ2v) is 7.54. The Hall–Kier alpha value is -1.50. The van der Waals surface area contributed by atoms with Gasteiger partial charge in [-0.1, -0.05) is 0 Å². The van der Waals surface area contributed by atoms with Gasteiger partial charge in [0.25, 0.3) is 6.43 Å². The lowest BCUT2D eigenvalue weighted by molar-refractivity contribution is -0.142. The van der Waals surface area contributed by atoms with Gasteiger partial charge in [-0.25, -0.2) is 8.78 Å². The average molecular weight is 356 g/mol. The van der Waals surface area contributed by atoms with E-state index >= 15 is 0 Å². The minimum Gasteiger partial charge on any atom is -0.481 e. The third kappa shape index (κ3) is 4.12. The first-order valence-corrected chi connectivity index (χ1v) is 9.31. The van der Waals surface area contributed by atoms with Crippen LogP contribution in [-0.2, 0) is 4.79 Å². The summed E-state index contributed by atoms with van der Waals surface area (Å²) in [5.74, 6) is -0.113. The van der Waals surface area contributed by atoms with Gasteiger partial charge in [0, 0.05) is 28.9 Å². The number of halogens is 2. The van der Waals surface area contributed by atoms with Crippen molar-refractivity contribution in [3.8, 4) is 0 Å². The molecule has 24 heavy (non-hydrogen) atoms. The highest BCUT2D eigenvalue weighted by molar-refractivity contribution is 7.99. The van der Waals surface area contributed by atoms with Gasteiger partial charge in [-0.2, -0.15) is 0 Å². The summed E-state index contributed by atoms with van der Waals surface area (Å²) >= 11 is 1.70. The number of rotatable bonds is 5. The Balaban J connectivity index is 1.66. The number of carboxylic acid groups (broad SMARTS) is 1. The van der Waals surface area contributed by atoms with Gasteiger partial charge in [0.2, 0.25) is 0 Å². The molecule has 0 amide bonds. The SMILES string of the molecule is O=C(O)C1CCC(Nc2ccc3c(c2)N(CC(F)F)CCS3)CC1. The molecule has 2 N–H and O–H groups in total. The third-order valence-corrected chi connectivity index (χ3v) is 5.77. The van der Waals surface area contributed by atoms with Crippen LogP contribution in [0.15, 0.2) is 23.1 Å². The quantitative estimate of drug-likeness (QED) is 0.837. The minimum absolute atomic E-state index is 0.232. The summed E-state index contributed by atoms with van der Waals surface area (Å²) < 4.78 is 25.6. The summed E-state index contributed by atoms with van der Waals surface area (Å²) in [5.41, 5.74) is 1.80. The maximum atomic E-state index is 12.8. The van der Waals surface area contributed by atoms with E-state index in [0.717, 1.165) is 34.9 Å². The summed E-state index contributed by atoms with van der Waals surface area (Å²) in [6.07, 6.45) is 0.674. The highest BCUT2D eigenvalue weighted by Crippen LogP contribution is 2.37. The number of carboxylic acids is 1. The van der Waals surface area contributed by atoms with Crippen molar-refractivity contribution in [2.24, 2.45) is 5.92 Å². The Morgan fingerprint density at radius 3 is 2.75 bits per heavy atom. The van der Waals surface area contributed by atoms with Crippen LogP contribution in [0.2, 0.25) is 0 Å². The second kappa shape index (κ2) is 7.59. The zero-order chi connectivity index (χ0) is 17.1. The molecular weight excluding hydrogens is 334 g/mol. The lowest BCUT2D eigenvalue weighted by atomic mass is 9.86. The second-order valence-electron chi connectivity index (χ2n) is 6.40. The van der Waals surface area contributed by atoms with E-state index in [0.29, 0.717) is 19.4 Å². The summed E-state index contributed by atoms with van der Waals surface area (Å²) in [5, 5.41) is 12.5. The Kier molecular flexibility index (Phi) is 5.48. The van der Waals surface area contributed by atoms with E-state index in [2.05, 4.69) is 5.32 Å². The molecule has 3 rings (SSSR count). The smallest absolute Gasteiger partial charge is 0.306 e. The minimum atomic E-state index is -2.34. The number of hydrogen-bond donors (Lipinski definition) is 2. The van der Waals surface area contributed by atoms with Crippen molar-refractivity contribution in [1.29, 1.82) is 0 Å². The maximum Gasteiger partial charge on any atom is 0.306 e. The van der Waals surface area contributed by atoms with E-state index in [9.17, 15) is 13.6 Å². The van der Waals surface area contributed by atoms with Crippen molar-refractivity contribution in [3.05, 3.63) is 18.2 Å². The van der Waals surface area contributed by atoms with Crippen molar-refractivity contribution in [3.63, 3.8) is 0 Å². The maximum absolute atomic E-state index is 12.8. The van der Waals surface area contributed by atoms with Gasteiger partial charge < -0.3 is 15.3 Å². The first-order valence-electron chi connectivity index (χ1n) is 8.32. The molecule has 7 heteroatoms. The van der Waals surface area contributed by atoms with E-state index in [1.165, 1.54) is 0 Å². The van der Waals surface area contributed by atoms with Gasteiger partial charge in [0.05, 0.1) is 18.2 Å². The fourth-order valence-electron chi connectivity index (χ4n) is 3.44. The van der Waals surface area contributed by atoms with Crippen LogP contribution in [0.4, 0.5) is 20.2 Å². The molecule has 1 aliphatic heterocycles. The molecular formula is C17H22F2N2O2S. The molecule has 132 valence electrons. The van der Waals surface area contributed by atoms with Crippen LogP contribution in [0.1, 0.15) is 25.7 Å². The first-order chi connectivity index (χ1) is 11.5. The van der Waals surface area contributed by atoms with E-state index < -0.39 is 12.4 Å². The third-order valence-electron chi connectivity index (χ3n) is 4.72. The summed E-state index contributed by atoms with van der Waals surface area (Å²) in [7, 11) is 0. The van der Waals surface area contributed by atoms with Crippen LogP contribution in [0.25, 0.3) is 0 Å². The molecule has 0 saturated heterocycles. The molecule has 0 spiro atoms. The van der Waals surface area contributed by atoms with Gasteiger partial charge in [0.1, 0.15) is 0 Å². The zero-order valence-electron chi connectivity index (χ0n) is 13.4. The number of nitrogens with zero attached hydrogens (tertiary/aromatic N) is 1. The molecule has 1 aromatic rings. The molecule has 1 aromatic carbocycles. The predicted molar refractivity (Wildman–Crippen MR) is 92.4 cm³/mol. The zero-order valence-corrected chi connectivity index (χ0v) is 14.2. The first kappa shape index (κ1) is 17.3. The molecule has 2 aliphatic rings. The average Bonchev–Trinajstić information content (AvgIpc) is 2.55. The van der Waals surface area contributed by atoms with Crippen molar-refractivity contribution in [2.45, 2.75) is 43.0 Å². The number of thioether (sulfide) groups is 1. The Morgan fingerprint density at radius 2 is 2.08 bits per heavy atom. The van der Waals surface area contributed by atoms with Gasteiger partial charge in [-0.15, -0.1) is 11.8 Å².